The highest BCUT2D eigenvalue weighted by atomic mass is 19.4. The van der Waals surface area contributed by atoms with Crippen molar-refractivity contribution in [3.05, 3.63) is 36.5 Å². The molecule has 0 aromatic carbocycles. The molecule has 3 N–H and O–H groups in total. The van der Waals surface area contributed by atoms with Crippen LogP contribution in [0.3, 0.4) is 0 Å². The number of aryl methyl sites for hydroxylation is 1. The fourth-order valence-electron chi connectivity index (χ4n) is 3.42. The number of oxazole rings is 1. The topological polar surface area (TPSA) is 138 Å². The number of hydrogen-bond acceptors (Lipinski definition) is 8. The zero-order chi connectivity index (χ0) is 24.5. The third-order valence-corrected chi connectivity index (χ3v) is 4.99. The highest BCUT2D eigenvalue weighted by molar-refractivity contribution is 6.06. The van der Waals surface area contributed by atoms with E-state index in [2.05, 4.69) is 25.7 Å². The number of halogens is 3. The minimum atomic E-state index is -4.41. The first kappa shape index (κ1) is 23.2. The first-order chi connectivity index (χ1) is 16.1. The van der Waals surface area contributed by atoms with Gasteiger partial charge in [0, 0.05) is 44.3 Å². The number of rotatable bonds is 7. The molecule has 180 valence electrons. The lowest BCUT2D eigenvalue weighted by Crippen LogP contribution is -2.27. The van der Waals surface area contributed by atoms with Crippen molar-refractivity contribution in [3.8, 4) is 11.5 Å². The van der Waals surface area contributed by atoms with Crippen LogP contribution in [0.4, 0.5) is 30.5 Å². The maximum atomic E-state index is 12.8. The number of hydrogen-bond donors (Lipinski definition) is 3. The van der Waals surface area contributed by atoms with Gasteiger partial charge in [-0.05, 0) is 12.1 Å². The molecule has 4 rings (SSSR count). The van der Waals surface area contributed by atoms with Gasteiger partial charge in [-0.3, -0.25) is 19.2 Å². The molecule has 1 saturated heterocycles. The molecule has 0 aliphatic carbocycles. The molecule has 1 fully saturated rings. The van der Waals surface area contributed by atoms with E-state index in [1.165, 1.54) is 34.1 Å². The summed E-state index contributed by atoms with van der Waals surface area (Å²) in [5.41, 5.74) is 0.498. The van der Waals surface area contributed by atoms with Crippen LogP contribution < -0.4 is 15.5 Å². The summed E-state index contributed by atoms with van der Waals surface area (Å²) in [6.45, 7) is -1.12. The number of alkyl halides is 3. The van der Waals surface area contributed by atoms with Gasteiger partial charge in [0.15, 0.2) is 11.5 Å². The van der Waals surface area contributed by atoms with Crippen LogP contribution in [0.5, 0.6) is 0 Å². The zero-order valence-electron chi connectivity index (χ0n) is 17.8. The Morgan fingerprint density at radius 1 is 1.38 bits per heavy atom. The number of carbonyl (C=O) groups excluding carboxylic acids is 2. The van der Waals surface area contributed by atoms with E-state index in [-0.39, 0.29) is 60.3 Å². The Labute approximate surface area is 190 Å². The Bertz CT molecular complexity index is 1210. The minimum absolute atomic E-state index is 0.00882. The average Bonchev–Trinajstić information content (AvgIpc) is 3.50. The van der Waals surface area contributed by atoms with Crippen molar-refractivity contribution < 1.29 is 32.3 Å². The molecule has 14 heteroatoms. The van der Waals surface area contributed by atoms with Gasteiger partial charge in [0.25, 0.3) is 5.91 Å². The maximum absolute atomic E-state index is 12.8. The zero-order valence-corrected chi connectivity index (χ0v) is 17.8. The Morgan fingerprint density at radius 2 is 2.18 bits per heavy atom. The van der Waals surface area contributed by atoms with Crippen molar-refractivity contribution in [1.82, 2.24) is 19.7 Å². The van der Waals surface area contributed by atoms with Crippen LogP contribution >= 0.6 is 0 Å². The predicted octanol–water partition coefficient (Wildman–Crippen LogP) is 2.04. The molecular formula is C20H20F3N7O4. The summed E-state index contributed by atoms with van der Waals surface area (Å²) in [7, 11) is 1.63. The van der Waals surface area contributed by atoms with Gasteiger partial charge in [-0.15, -0.1) is 0 Å². The fourth-order valence-corrected chi connectivity index (χ4v) is 3.42. The lowest BCUT2D eigenvalue weighted by molar-refractivity contribution is -0.117. The second-order valence-corrected chi connectivity index (χ2v) is 7.69. The van der Waals surface area contributed by atoms with Crippen LogP contribution in [0.25, 0.3) is 11.5 Å². The monoisotopic (exact) mass is 479 g/mol. The standard InChI is InChI=1S/C20H20F3N7O4/c1-29-7-13(17(28-29)30-6-11(8-31)4-16(30)32)26-18(33)14-9-34-19(27-14)12-2-3-24-15(5-12)25-10-20(21,22)23/h2-3,5,7,9,11,31H,4,6,8,10H2,1H3,(H,24,25)(H,26,33). The van der Waals surface area contributed by atoms with Crippen LogP contribution in [0.2, 0.25) is 0 Å². The summed E-state index contributed by atoms with van der Waals surface area (Å²) in [6.07, 6.45) is -0.316. The van der Waals surface area contributed by atoms with E-state index in [0.29, 0.717) is 5.56 Å². The predicted molar refractivity (Wildman–Crippen MR) is 113 cm³/mol. The van der Waals surface area contributed by atoms with E-state index >= 15 is 0 Å². The highest BCUT2D eigenvalue weighted by Gasteiger charge is 2.33. The van der Waals surface area contributed by atoms with Crippen molar-refractivity contribution in [2.45, 2.75) is 12.6 Å². The van der Waals surface area contributed by atoms with E-state index in [1.54, 1.807) is 7.05 Å². The third-order valence-electron chi connectivity index (χ3n) is 4.99. The molecule has 11 nitrogen and oxygen atoms in total. The minimum Gasteiger partial charge on any atom is -0.444 e. The maximum Gasteiger partial charge on any atom is 0.405 e. The van der Waals surface area contributed by atoms with Crippen molar-refractivity contribution in [2.24, 2.45) is 13.0 Å². The molecule has 34 heavy (non-hydrogen) atoms. The van der Waals surface area contributed by atoms with E-state index in [9.17, 15) is 27.9 Å². The molecule has 0 spiro atoms. The molecule has 1 unspecified atom stereocenters. The summed E-state index contributed by atoms with van der Waals surface area (Å²) >= 11 is 0. The van der Waals surface area contributed by atoms with E-state index in [4.69, 9.17) is 4.42 Å². The number of nitrogens with zero attached hydrogens (tertiary/aromatic N) is 5. The Balaban J connectivity index is 1.49. The normalized spacial score (nSPS) is 16.2. The number of aliphatic hydroxyl groups is 1. The van der Waals surface area contributed by atoms with Crippen molar-refractivity contribution in [3.63, 3.8) is 0 Å². The van der Waals surface area contributed by atoms with Gasteiger partial charge in [0.2, 0.25) is 11.8 Å². The van der Waals surface area contributed by atoms with Crippen molar-refractivity contribution >= 4 is 29.1 Å². The summed E-state index contributed by atoms with van der Waals surface area (Å²) in [4.78, 5) is 34.4. The number of amides is 2. The van der Waals surface area contributed by atoms with E-state index < -0.39 is 18.6 Å². The number of aliphatic hydroxyl groups excluding tert-OH is 1. The molecule has 1 aliphatic heterocycles. The highest BCUT2D eigenvalue weighted by Crippen LogP contribution is 2.30. The number of aromatic nitrogens is 4. The largest absolute Gasteiger partial charge is 0.444 e. The Morgan fingerprint density at radius 3 is 2.88 bits per heavy atom. The van der Waals surface area contributed by atoms with Crippen LogP contribution in [0.1, 0.15) is 16.9 Å². The summed E-state index contributed by atoms with van der Waals surface area (Å²) in [5.74, 6) is -0.851. The Hall–Kier alpha value is -3.94. The number of carbonyl (C=O) groups is 2. The van der Waals surface area contributed by atoms with Gasteiger partial charge in [0.1, 0.15) is 24.3 Å². The number of nitrogens with one attached hydrogen (secondary N) is 2. The molecule has 2 amide bonds. The second-order valence-electron chi connectivity index (χ2n) is 7.69. The van der Waals surface area contributed by atoms with Crippen LogP contribution in [0, 0.1) is 5.92 Å². The molecular weight excluding hydrogens is 459 g/mol. The lowest BCUT2D eigenvalue weighted by Gasteiger charge is -2.15. The first-order valence-corrected chi connectivity index (χ1v) is 10.1. The molecule has 0 saturated carbocycles. The molecule has 1 aliphatic rings. The van der Waals surface area contributed by atoms with Crippen molar-refractivity contribution in [2.75, 3.05) is 35.2 Å². The van der Waals surface area contributed by atoms with Gasteiger partial charge in [-0.1, -0.05) is 0 Å². The Kier molecular flexibility index (Phi) is 6.24. The van der Waals surface area contributed by atoms with E-state index in [1.807, 2.05) is 0 Å². The van der Waals surface area contributed by atoms with Crippen LogP contribution in [-0.2, 0) is 11.8 Å². The fraction of sp³-hybridized carbons (Fsp3) is 0.350. The molecule has 4 heterocycles. The van der Waals surface area contributed by atoms with Gasteiger partial charge in [-0.25, -0.2) is 9.97 Å². The summed E-state index contributed by atoms with van der Waals surface area (Å²) in [5, 5.41) is 18.4. The van der Waals surface area contributed by atoms with Gasteiger partial charge in [0.05, 0.1) is 6.20 Å². The number of pyridine rings is 1. The first-order valence-electron chi connectivity index (χ1n) is 10.1. The smallest absolute Gasteiger partial charge is 0.405 e. The second kappa shape index (κ2) is 9.13. The van der Waals surface area contributed by atoms with Gasteiger partial charge < -0.3 is 20.2 Å². The lowest BCUT2D eigenvalue weighted by atomic mass is 10.1. The van der Waals surface area contributed by atoms with Gasteiger partial charge in [-0.2, -0.15) is 18.3 Å². The van der Waals surface area contributed by atoms with Crippen LogP contribution in [-0.4, -0.2) is 62.5 Å². The molecule has 0 radical (unpaired) electrons. The number of anilines is 3. The SMILES string of the molecule is Cn1cc(NC(=O)c2coc(-c3ccnc(NCC(F)(F)F)c3)n2)c(N2CC(CO)CC2=O)n1. The van der Waals surface area contributed by atoms with Crippen molar-refractivity contribution in [1.29, 1.82) is 0 Å². The summed E-state index contributed by atoms with van der Waals surface area (Å²) < 4.78 is 44.0. The molecule has 3 aromatic rings. The molecule has 1 atom stereocenters. The van der Waals surface area contributed by atoms with E-state index in [0.717, 1.165) is 6.26 Å². The molecule has 0 bridgehead atoms. The molecule has 3 aromatic heterocycles. The third kappa shape index (κ3) is 5.17. The average molecular weight is 479 g/mol. The summed E-state index contributed by atoms with van der Waals surface area (Å²) in [6, 6.07) is 2.79. The quantitative estimate of drug-likeness (QED) is 0.468. The van der Waals surface area contributed by atoms with Crippen LogP contribution in [0.15, 0.2) is 35.2 Å². The van der Waals surface area contributed by atoms with Gasteiger partial charge >= 0.3 is 6.18 Å².